The number of aromatic nitrogens is 2. The molecule has 190 valence electrons. The number of nitrogens with zero attached hydrogens (tertiary/aromatic N) is 2. The lowest BCUT2D eigenvalue weighted by Crippen LogP contribution is -2.09. The van der Waals surface area contributed by atoms with Gasteiger partial charge in [0.25, 0.3) is 0 Å². The van der Waals surface area contributed by atoms with Crippen molar-refractivity contribution in [2.24, 2.45) is 0 Å². The number of aryl methyl sites for hydroxylation is 2. The third kappa shape index (κ3) is 6.07. The molecule has 0 aliphatic rings. The minimum Gasteiger partial charge on any atom is -0.487 e. The number of halogens is 2. The second kappa shape index (κ2) is 11.7. The zero-order valence-electron chi connectivity index (χ0n) is 21.0. The van der Waals surface area contributed by atoms with Crippen LogP contribution in [0.3, 0.4) is 0 Å². The summed E-state index contributed by atoms with van der Waals surface area (Å²) in [5, 5.41) is 15.0. The summed E-state index contributed by atoms with van der Waals surface area (Å²) in [6.07, 6.45) is 5.72. The van der Waals surface area contributed by atoms with E-state index in [1.54, 1.807) is 35.0 Å². The minimum absolute atomic E-state index is 0.262. The molecule has 37 heavy (non-hydrogen) atoms. The molecule has 0 fully saturated rings. The maximum absolute atomic E-state index is 11.2. The van der Waals surface area contributed by atoms with Crippen molar-refractivity contribution in [1.82, 2.24) is 9.78 Å². The van der Waals surface area contributed by atoms with Gasteiger partial charge in [0.15, 0.2) is 0 Å². The lowest BCUT2D eigenvalue weighted by molar-refractivity contribution is 0.0697. The zero-order valence-corrected chi connectivity index (χ0v) is 22.5. The molecule has 0 bridgehead atoms. The van der Waals surface area contributed by atoms with Gasteiger partial charge >= 0.3 is 5.97 Å². The first-order valence-electron chi connectivity index (χ1n) is 12.0. The van der Waals surface area contributed by atoms with Crippen LogP contribution < -0.4 is 4.74 Å². The molecule has 3 aromatic carbocycles. The molecule has 1 aromatic heterocycles. The van der Waals surface area contributed by atoms with Gasteiger partial charge in [-0.2, -0.15) is 5.10 Å². The van der Waals surface area contributed by atoms with E-state index in [0.29, 0.717) is 22.3 Å². The monoisotopic (exact) mass is 534 g/mol. The van der Waals surface area contributed by atoms with Crippen molar-refractivity contribution in [2.45, 2.75) is 40.2 Å². The second-order valence-corrected chi connectivity index (χ2v) is 9.63. The average Bonchev–Trinajstić information content (AvgIpc) is 3.17. The molecule has 5 nitrogen and oxygen atoms in total. The highest BCUT2D eigenvalue weighted by Gasteiger charge is 2.20. The van der Waals surface area contributed by atoms with Crippen molar-refractivity contribution in [3.63, 3.8) is 0 Å². The van der Waals surface area contributed by atoms with E-state index in [1.807, 2.05) is 56.3 Å². The van der Waals surface area contributed by atoms with E-state index >= 15 is 0 Å². The standard InChI is InChI=1S/C30H28Cl2N2O3/c1-4-7-25-20(3)33-34(29-26(31)10-6-11-27(29)32)28(25)18-37-24-15-14-22(19(2)16-24)13-12-21-8-5-9-23(17-21)30(35)36/h5-6,8-17H,4,7,18H2,1-3H3,(H,35,36)/b13-12+. The second-order valence-electron chi connectivity index (χ2n) is 8.81. The van der Waals surface area contributed by atoms with Crippen LogP contribution in [0.4, 0.5) is 0 Å². The summed E-state index contributed by atoms with van der Waals surface area (Å²) in [6.45, 7) is 6.46. The van der Waals surface area contributed by atoms with Crippen LogP contribution >= 0.6 is 23.2 Å². The van der Waals surface area contributed by atoms with E-state index in [1.165, 1.54) is 0 Å². The van der Waals surface area contributed by atoms with E-state index in [4.69, 9.17) is 33.0 Å². The predicted molar refractivity (Wildman–Crippen MR) is 150 cm³/mol. The first-order valence-corrected chi connectivity index (χ1v) is 12.8. The predicted octanol–water partition coefficient (Wildman–Crippen LogP) is 8.20. The summed E-state index contributed by atoms with van der Waals surface area (Å²) in [4.78, 5) is 11.2. The van der Waals surface area contributed by atoms with Gasteiger partial charge in [-0.1, -0.05) is 73.0 Å². The first-order chi connectivity index (χ1) is 17.8. The highest BCUT2D eigenvalue weighted by atomic mass is 35.5. The van der Waals surface area contributed by atoms with Crippen molar-refractivity contribution in [2.75, 3.05) is 0 Å². The van der Waals surface area contributed by atoms with Crippen LogP contribution in [0.1, 0.15) is 57.3 Å². The van der Waals surface area contributed by atoms with Crippen LogP contribution in [0.5, 0.6) is 5.75 Å². The van der Waals surface area contributed by atoms with Crippen molar-refractivity contribution >= 4 is 41.3 Å². The van der Waals surface area contributed by atoms with Gasteiger partial charge in [0, 0.05) is 5.56 Å². The summed E-state index contributed by atoms with van der Waals surface area (Å²) < 4.78 is 8.04. The van der Waals surface area contributed by atoms with E-state index in [0.717, 1.165) is 52.2 Å². The molecule has 0 unspecified atom stereocenters. The Bertz CT molecular complexity index is 1450. The fraction of sp³-hybridized carbons (Fsp3) is 0.200. The molecular formula is C30H28Cl2N2O3. The van der Waals surface area contributed by atoms with Crippen LogP contribution in [0.25, 0.3) is 17.8 Å². The summed E-state index contributed by atoms with van der Waals surface area (Å²) in [7, 11) is 0. The molecule has 0 atom stereocenters. The number of ether oxygens (including phenoxy) is 1. The molecule has 0 saturated heterocycles. The molecule has 0 aliphatic carbocycles. The van der Waals surface area contributed by atoms with Crippen molar-refractivity contribution in [1.29, 1.82) is 0 Å². The number of benzene rings is 3. The maximum Gasteiger partial charge on any atom is 0.335 e. The number of carboxylic acid groups (broad SMARTS) is 1. The summed E-state index contributed by atoms with van der Waals surface area (Å²) in [5.41, 5.74) is 6.79. The number of hydrogen-bond acceptors (Lipinski definition) is 3. The Morgan fingerprint density at radius 3 is 2.43 bits per heavy atom. The highest BCUT2D eigenvalue weighted by Crippen LogP contribution is 2.32. The quantitative estimate of drug-likeness (QED) is 0.220. The molecule has 4 aromatic rings. The third-order valence-electron chi connectivity index (χ3n) is 6.15. The van der Waals surface area contributed by atoms with E-state index in [9.17, 15) is 9.90 Å². The van der Waals surface area contributed by atoms with Gasteiger partial charge in [0.2, 0.25) is 0 Å². The average molecular weight is 535 g/mol. The Morgan fingerprint density at radius 1 is 1.03 bits per heavy atom. The maximum atomic E-state index is 11.2. The molecule has 0 amide bonds. The lowest BCUT2D eigenvalue weighted by atomic mass is 10.1. The molecule has 1 N–H and O–H groups in total. The minimum atomic E-state index is -0.941. The number of rotatable bonds is 9. The zero-order chi connectivity index (χ0) is 26.5. The molecule has 0 spiro atoms. The summed E-state index contributed by atoms with van der Waals surface area (Å²) >= 11 is 13.0. The van der Waals surface area contributed by atoms with Crippen LogP contribution in [-0.2, 0) is 13.0 Å². The van der Waals surface area contributed by atoms with Gasteiger partial charge in [-0.05, 0) is 73.4 Å². The number of carbonyl (C=O) groups is 1. The van der Waals surface area contributed by atoms with Crippen LogP contribution in [0.15, 0.2) is 60.7 Å². The Labute approximate surface area is 226 Å². The van der Waals surface area contributed by atoms with E-state index in [2.05, 4.69) is 6.92 Å². The van der Waals surface area contributed by atoms with Gasteiger partial charge in [0.05, 0.1) is 27.0 Å². The van der Waals surface area contributed by atoms with Gasteiger partial charge in [0.1, 0.15) is 18.0 Å². The Balaban J connectivity index is 1.57. The van der Waals surface area contributed by atoms with Crippen molar-refractivity contribution < 1.29 is 14.6 Å². The molecule has 4 rings (SSSR count). The largest absolute Gasteiger partial charge is 0.487 e. The van der Waals surface area contributed by atoms with Crippen LogP contribution in [0.2, 0.25) is 10.0 Å². The van der Waals surface area contributed by atoms with Gasteiger partial charge in [-0.3, -0.25) is 0 Å². The smallest absolute Gasteiger partial charge is 0.335 e. The highest BCUT2D eigenvalue weighted by molar-refractivity contribution is 6.37. The van der Waals surface area contributed by atoms with E-state index < -0.39 is 5.97 Å². The van der Waals surface area contributed by atoms with Gasteiger partial charge in [-0.25, -0.2) is 9.48 Å². The number of hydrogen-bond donors (Lipinski definition) is 1. The van der Waals surface area contributed by atoms with Crippen LogP contribution in [0, 0.1) is 13.8 Å². The molecule has 1 heterocycles. The summed E-state index contributed by atoms with van der Waals surface area (Å²) in [6, 6.07) is 18.2. The third-order valence-corrected chi connectivity index (χ3v) is 6.76. The first kappa shape index (κ1) is 26.5. The van der Waals surface area contributed by atoms with Gasteiger partial charge in [-0.15, -0.1) is 0 Å². The van der Waals surface area contributed by atoms with Gasteiger partial charge < -0.3 is 9.84 Å². The molecule has 0 saturated carbocycles. The fourth-order valence-corrected chi connectivity index (χ4v) is 4.80. The molecular weight excluding hydrogens is 507 g/mol. The Hall–Kier alpha value is -3.54. The topological polar surface area (TPSA) is 64.4 Å². The lowest BCUT2D eigenvalue weighted by Gasteiger charge is -2.14. The van der Waals surface area contributed by atoms with Crippen LogP contribution in [-0.4, -0.2) is 20.9 Å². The molecule has 7 heteroatoms. The SMILES string of the molecule is CCCc1c(C)nn(-c2c(Cl)cccc2Cl)c1COc1ccc(/C=C/c2cccc(C(=O)O)c2)c(C)c1. The molecule has 0 aliphatic heterocycles. The molecule has 0 radical (unpaired) electrons. The summed E-state index contributed by atoms with van der Waals surface area (Å²) in [5.74, 6) is -0.205. The Kier molecular flexibility index (Phi) is 8.37. The van der Waals surface area contributed by atoms with E-state index in [-0.39, 0.29) is 5.56 Å². The normalized spacial score (nSPS) is 11.3. The number of aromatic carboxylic acids is 1. The number of para-hydroxylation sites is 1. The van der Waals surface area contributed by atoms with Crippen molar-refractivity contribution in [3.8, 4) is 11.4 Å². The number of carboxylic acids is 1. The Morgan fingerprint density at radius 2 is 1.76 bits per heavy atom. The fourth-order valence-electron chi connectivity index (χ4n) is 4.25. The van der Waals surface area contributed by atoms with Crippen molar-refractivity contribution in [3.05, 3.63) is 110 Å².